The van der Waals surface area contributed by atoms with Crippen LogP contribution in [0.1, 0.15) is 29.7 Å². The molecule has 2 rings (SSSR count). The third-order valence-electron chi connectivity index (χ3n) is 2.98. The topological polar surface area (TPSA) is 20.2 Å². The van der Waals surface area contributed by atoms with Crippen molar-refractivity contribution in [1.82, 2.24) is 0 Å². The zero-order valence-electron chi connectivity index (χ0n) is 10.0. The van der Waals surface area contributed by atoms with E-state index in [1.165, 1.54) is 12.1 Å². The number of aliphatic hydroxyl groups excluding tert-OH is 1. The normalized spacial score (nSPS) is 12.4. The smallest absolute Gasteiger partial charge is 0.164 e. The first-order valence-corrected chi connectivity index (χ1v) is 5.84. The molecule has 0 aliphatic carbocycles. The van der Waals surface area contributed by atoms with Gasteiger partial charge in [-0.2, -0.15) is 0 Å². The zero-order valence-corrected chi connectivity index (χ0v) is 10.0. The molecule has 1 unspecified atom stereocenters. The van der Waals surface area contributed by atoms with Crippen LogP contribution >= 0.6 is 0 Å². The van der Waals surface area contributed by atoms with Crippen LogP contribution in [0.15, 0.2) is 42.5 Å². The van der Waals surface area contributed by atoms with Gasteiger partial charge in [0.25, 0.3) is 0 Å². The van der Waals surface area contributed by atoms with Gasteiger partial charge >= 0.3 is 0 Å². The van der Waals surface area contributed by atoms with Crippen LogP contribution in [0.2, 0.25) is 0 Å². The van der Waals surface area contributed by atoms with Gasteiger partial charge in [-0.05, 0) is 23.6 Å². The molecule has 94 valence electrons. The molecule has 1 N–H and O–H groups in total. The first kappa shape index (κ1) is 12.7. The fraction of sp³-hybridized carbons (Fsp3) is 0.200. The van der Waals surface area contributed by atoms with Crippen molar-refractivity contribution in [3.8, 4) is 0 Å². The van der Waals surface area contributed by atoms with Crippen molar-refractivity contribution in [2.75, 3.05) is 0 Å². The number of aliphatic hydroxyl groups is 1. The third-order valence-corrected chi connectivity index (χ3v) is 2.98. The second kappa shape index (κ2) is 5.27. The van der Waals surface area contributed by atoms with Gasteiger partial charge in [-0.25, -0.2) is 8.78 Å². The van der Waals surface area contributed by atoms with Gasteiger partial charge in [0.15, 0.2) is 11.6 Å². The van der Waals surface area contributed by atoms with Gasteiger partial charge in [0.1, 0.15) is 6.10 Å². The Hall–Kier alpha value is -1.74. The third kappa shape index (κ3) is 2.41. The largest absolute Gasteiger partial charge is 0.384 e. The quantitative estimate of drug-likeness (QED) is 0.879. The summed E-state index contributed by atoms with van der Waals surface area (Å²) in [6.45, 7) is 2.03. The van der Waals surface area contributed by atoms with Crippen molar-refractivity contribution in [2.24, 2.45) is 0 Å². The van der Waals surface area contributed by atoms with Gasteiger partial charge in [0.2, 0.25) is 0 Å². The number of hydrogen-bond acceptors (Lipinski definition) is 1. The van der Waals surface area contributed by atoms with E-state index >= 15 is 0 Å². The minimum atomic E-state index is -1.15. The molecular formula is C15H14F2O. The average Bonchev–Trinajstić information content (AvgIpc) is 2.41. The van der Waals surface area contributed by atoms with Crippen molar-refractivity contribution in [3.05, 3.63) is 70.8 Å². The molecular weight excluding hydrogens is 234 g/mol. The molecule has 0 radical (unpaired) electrons. The average molecular weight is 248 g/mol. The first-order valence-electron chi connectivity index (χ1n) is 5.84. The lowest BCUT2D eigenvalue weighted by Crippen LogP contribution is -2.04. The summed E-state index contributed by atoms with van der Waals surface area (Å²) in [4.78, 5) is 0. The minimum Gasteiger partial charge on any atom is -0.384 e. The molecule has 0 fully saturated rings. The molecule has 1 atom stereocenters. The number of rotatable bonds is 3. The van der Waals surface area contributed by atoms with E-state index < -0.39 is 17.7 Å². The lowest BCUT2D eigenvalue weighted by molar-refractivity contribution is 0.213. The number of hydrogen-bond donors (Lipinski definition) is 1. The molecule has 0 spiro atoms. The van der Waals surface area contributed by atoms with E-state index in [4.69, 9.17) is 0 Å². The Bertz CT molecular complexity index is 535. The van der Waals surface area contributed by atoms with Crippen molar-refractivity contribution in [3.63, 3.8) is 0 Å². The molecule has 3 heteroatoms. The number of benzene rings is 2. The molecule has 0 amide bonds. The summed E-state index contributed by atoms with van der Waals surface area (Å²) in [6.07, 6.45) is -0.253. The van der Waals surface area contributed by atoms with E-state index in [1.807, 2.05) is 19.1 Å². The van der Waals surface area contributed by atoms with Gasteiger partial charge in [0.05, 0.1) is 0 Å². The monoisotopic (exact) mass is 248 g/mol. The van der Waals surface area contributed by atoms with Crippen molar-refractivity contribution >= 4 is 0 Å². The molecule has 0 aliphatic rings. The van der Waals surface area contributed by atoms with E-state index in [0.29, 0.717) is 5.56 Å². The van der Waals surface area contributed by atoms with E-state index in [0.717, 1.165) is 18.1 Å². The molecule has 0 aromatic heterocycles. The summed E-state index contributed by atoms with van der Waals surface area (Å²) in [6, 6.07) is 11.0. The van der Waals surface area contributed by atoms with E-state index in [-0.39, 0.29) is 5.56 Å². The van der Waals surface area contributed by atoms with Gasteiger partial charge in [-0.3, -0.25) is 0 Å². The first-order chi connectivity index (χ1) is 8.63. The molecule has 0 heterocycles. The molecule has 1 nitrogen and oxygen atoms in total. The summed E-state index contributed by atoms with van der Waals surface area (Å²) in [5.41, 5.74) is 1.64. The predicted molar refractivity (Wildman–Crippen MR) is 66.2 cm³/mol. The zero-order chi connectivity index (χ0) is 13.1. The fourth-order valence-electron chi connectivity index (χ4n) is 1.85. The lowest BCUT2D eigenvalue weighted by atomic mass is 9.99. The predicted octanol–water partition coefficient (Wildman–Crippen LogP) is 3.61. The Morgan fingerprint density at radius 3 is 2.33 bits per heavy atom. The molecule has 0 bridgehead atoms. The maximum atomic E-state index is 13.5. The lowest BCUT2D eigenvalue weighted by Gasteiger charge is -2.13. The van der Waals surface area contributed by atoms with Gasteiger partial charge in [-0.1, -0.05) is 43.3 Å². The van der Waals surface area contributed by atoms with Crippen LogP contribution in [0, 0.1) is 11.6 Å². The van der Waals surface area contributed by atoms with Gasteiger partial charge in [-0.15, -0.1) is 0 Å². The molecule has 0 aliphatic heterocycles. The highest BCUT2D eigenvalue weighted by molar-refractivity contribution is 5.33. The van der Waals surface area contributed by atoms with E-state index in [9.17, 15) is 13.9 Å². The highest BCUT2D eigenvalue weighted by Gasteiger charge is 2.17. The summed E-state index contributed by atoms with van der Waals surface area (Å²) in [5.74, 6) is -1.94. The standard InChI is InChI=1S/C15H14F2O/c1-2-10-6-8-11(9-7-10)15(18)12-4-3-5-13(16)14(12)17/h3-9,15,18H,2H2,1H3. The fourth-order valence-corrected chi connectivity index (χ4v) is 1.85. The van der Waals surface area contributed by atoms with Crippen LogP contribution < -0.4 is 0 Å². The second-order valence-corrected chi connectivity index (χ2v) is 4.14. The van der Waals surface area contributed by atoms with Crippen molar-refractivity contribution < 1.29 is 13.9 Å². The molecule has 2 aromatic rings. The Balaban J connectivity index is 2.35. The van der Waals surface area contributed by atoms with Crippen LogP contribution in [-0.2, 0) is 6.42 Å². The van der Waals surface area contributed by atoms with Gasteiger partial charge in [0, 0.05) is 5.56 Å². The Morgan fingerprint density at radius 1 is 1.06 bits per heavy atom. The van der Waals surface area contributed by atoms with Crippen molar-refractivity contribution in [2.45, 2.75) is 19.4 Å². The van der Waals surface area contributed by atoms with E-state index in [1.54, 1.807) is 12.1 Å². The minimum absolute atomic E-state index is 0.0424. The summed E-state index contributed by atoms with van der Waals surface area (Å²) >= 11 is 0. The number of halogens is 2. The van der Waals surface area contributed by atoms with Crippen molar-refractivity contribution in [1.29, 1.82) is 0 Å². The molecule has 0 saturated heterocycles. The highest BCUT2D eigenvalue weighted by atomic mass is 19.2. The molecule has 2 aromatic carbocycles. The Morgan fingerprint density at radius 2 is 1.72 bits per heavy atom. The van der Waals surface area contributed by atoms with Crippen LogP contribution in [-0.4, -0.2) is 5.11 Å². The molecule has 0 saturated carbocycles. The highest BCUT2D eigenvalue weighted by Crippen LogP contribution is 2.25. The maximum absolute atomic E-state index is 13.5. The summed E-state index contributed by atoms with van der Waals surface area (Å²) in [5, 5.41) is 10.1. The second-order valence-electron chi connectivity index (χ2n) is 4.14. The van der Waals surface area contributed by atoms with Crippen LogP contribution in [0.3, 0.4) is 0 Å². The molecule has 18 heavy (non-hydrogen) atoms. The van der Waals surface area contributed by atoms with Crippen LogP contribution in [0.25, 0.3) is 0 Å². The Kier molecular flexibility index (Phi) is 3.72. The maximum Gasteiger partial charge on any atom is 0.164 e. The number of aryl methyl sites for hydroxylation is 1. The van der Waals surface area contributed by atoms with E-state index in [2.05, 4.69) is 0 Å². The SMILES string of the molecule is CCc1ccc(C(O)c2cccc(F)c2F)cc1. The Labute approximate surface area is 105 Å². The van der Waals surface area contributed by atoms with Crippen LogP contribution in [0.5, 0.6) is 0 Å². The van der Waals surface area contributed by atoms with Crippen LogP contribution in [0.4, 0.5) is 8.78 Å². The summed E-state index contributed by atoms with van der Waals surface area (Å²) < 4.78 is 26.6. The van der Waals surface area contributed by atoms with Gasteiger partial charge < -0.3 is 5.11 Å². The summed E-state index contributed by atoms with van der Waals surface area (Å²) in [7, 11) is 0.